The Morgan fingerprint density at radius 3 is 2.48 bits per heavy atom. The lowest BCUT2D eigenvalue weighted by atomic mass is 10.3. The second-order valence-corrected chi connectivity index (χ2v) is 6.78. The highest BCUT2D eigenvalue weighted by Crippen LogP contribution is 2.29. The largest absolute Gasteiger partial charge is 0.426 e. The minimum absolute atomic E-state index is 0.0696. The van der Waals surface area contributed by atoms with E-state index in [2.05, 4.69) is 4.98 Å². The Morgan fingerprint density at radius 1 is 1.19 bits per heavy atom. The molecule has 0 saturated carbocycles. The average Bonchev–Trinajstić information content (AvgIpc) is 3.06. The molecule has 1 saturated heterocycles. The lowest BCUT2D eigenvalue weighted by Crippen LogP contribution is -2.23. The predicted octanol–water partition coefficient (Wildman–Crippen LogP) is 3.92. The van der Waals surface area contributed by atoms with Crippen LogP contribution < -0.4 is 9.64 Å². The molecule has 1 aromatic carbocycles. The predicted molar refractivity (Wildman–Crippen MR) is 93.6 cm³/mol. The molecule has 0 atom stereocenters. The van der Waals surface area contributed by atoms with Crippen LogP contribution >= 0.6 is 11.8 Å². The van der Waals surface area contributed by atoms with Crippen molar-refractivity contribution in [2.75, 3.05) is 17.2 Å². The molecule has 0 aliphatic carbocycles. The van der Waals surface area contributed by atoms with Crippen molar-refractivity contribution in [1.29, 1.82) is 0 Å². The highest BCUT2D eigenvalue weighted by Gasteiger charge is 2.30. The van der Waals surface area contributed by atoms with E-state index in [4.69, 9.17) is 4.74 Å². The van der Waals surface area contributed by atoms with Crippen LogP contribution in [0.3, 0.4) is 0 Å². The van der Waals surface area contributed by atoms with Crippen molar-refractivity contribution >= 4 is 29.3 Å². The normalized spacial score (nSPS) is 14.5. The van der Waals surface area contributed by atoms with Crippen LogP contribution in [0.5, 0.6) is 5.75 Å². The van der Waals surface area contributed by atoms with Crippen LogP contribution in [-0.2, 0) is 15.8 Å². The number of hydrogen-bond acceptors (Lipinski definition) is 5. The maximum atomic E-state index is 12.5. The molecule has 1 aliphatic heterocycles. The van der Waals surface area contributed by atoms with Crippen LogP contribution in [0, 0.1) is 0 Å². The van der Waals surface area contributed by atoms with Crippen LogP contribution in [-0.4, -0.2) is 29.2 Å². The number of ether oxygens (including phenoxy) is 1. The molecule has 1 aliphatic rings. The Balaban J connectivity index is 1.51. The highest BCUT2D eigenvalue weighted by atomic mass is 32.2. The SMILES string of the molecule is O=C(CSc1ccc(C(F)(F)F)cn1)Oc1ccc(N2CCCC2=O)cc1. The molecule has 9 heteroatoms. The number of carbonyl (C=O) groups is 2. The van der Waals surface area contributed by atoms with Gasteiger partial charge in [-0.05, 0) is 42.8 Å². The number of aromatic nitrogens is 1. The number of halogens is 3. The van der Waals surface area contributed by atoms with E-state index < -0.39 is 17.7 Å². The summed E-state index contributed by atoms with van der Waals surface area (Å²) in [6.45, 7) is 0.675. The van der Waals surface area contributed by atoms with Gasteiger partial charge in [0, 0.05) is 24.8 Å². The fraction of sp³-hybridized carbons (Fsp3) is 0.278. The smallest absolute Gasteiger partial charge is 0.417 e. The van der Waals surface area contributed by atoms with Crippen molar-refractivity contribution in [3.05, 3.63) is 48.2 Å². The molecule has 1 amide bonds. The highest BCUT2D eigenvalue weighted by molar-refractivity contribution is 7.99. The number of carbonyl (C=O) groups excluding carboxylic acids is 2. The number of pyridine rings is 1. The molecule has 1 aromatic heterocycles. The minimum Gasteiger partial charge on any atom is -0.426 e. The maximum Gasteiger partial charge on any atom is 0.417 e. The molecule has 142 valence electrons. The van der Waals surface area contributed by atoms with E-state index in [1.54, 1.807) is 29.2 Å². The summed E-state index contributed by atoms with van der Waals surface area (Å²) in [5, 5.41) is 0.294. The van der Waals surface area contributed by atoms with Gasteiger partial charge in [0.1, 0.15) is 5.75 Å². The Labute approximate surface area is 157 Å². The topological polar surface area (TPSA) is 59.5 Å². The van der Waals surface area contributed by atoms with E-state index in [-0.39, 0.29) is 11.7 Å². The number of rotatable bonds is 5. The minimum atomic E-state index is -4.44. The van der Waals surface area contributed by atoms with Crippen molar-refractivity contribution in [1.82, 2.24) is 4.98 Å². The first-order valence-electron chi connectivity index (χ1n) is 8.10. The van der Waals surface area contributed by atoms with Gasteiger partial charge in [0.05, 0.1) is 16.3 Å². The summed E-state index contributed by atoms with van der Waals surface area (Å²) in [6, 6.07) is 8.73. The molecule has 5 nitrogen and oxygen atoms in total. The van der Waals surface area contributed by atoms with E-state index in [0.717, 1.165) is 36.1 Å². The number of benzene rings is 1. The fourth-order valence-electron chi connectivity index (χ4n) is 2.54. The first-order valence-corrected chi connectivity index (χ1v) is 9.08. The standard InChI is InChI=1S/C18H15F3N2O3S/c19-18(20,21)12-3-8-15(22-10-12)27-11-17(25)26-14-6-4-13(5-7-14)23-9-1-2-16(23)24/h3-8,10H,1-2,9,11H2. The molecule has 0 bridgehead atoms. The fourth-order valence-corrected chi connectivity index (χ4v) is 3.16. The van der Waals surface area contributed by atoms with Gasteiger partial charge in [-0.3, -0.25) is 9.59 Å². The monoisotopic (exact) mass is 396 g/mol. The van der Waals surface area contributed by atoms with Crippen LogP contribution in [0.4, 0.5) is 18.9 Å². The molecule has 2 heterocycles. The first kappa shape index (κ1) is 19.2. The summed E-state index contributed by atoms with van der Waals surface area (Å²) < 4.78 is 42.6. The summed E-state index contributed by atoms with van der Waals surface area (Å²) in [5.74, 6) is -0.242. The number of nitrogens with zero attached hydrogens (tertiary/aromatic N) is 2. The van der Waals surface area contributed by atoms with Crippen molar-refractivity contribution in [2.24, 2.45) is 0 Å². The van der Waals surface area contributed by atoms with Crippen molar-refractivity contribution in [3.8, 4) is 5.75 Å². The third-order valence-corrected chi connectivity index (χ3v) is 4.77. The zero-order valence-electron chi connectivity index (χ0n) is 14.0. The molecule has 2 aromatic rings. The van der Waals surface area contributed by atoms with E-state index in [9.17, 15) is 22.8 Å². The number of anilines is 1. The summed E-state index contributed by atoms with van der Waals surface area (Å²) in [5.41, 5.74) is -0.0911. The van der Waals surface area contributed by atoms with Gasteiger partial charge in [-0.15, -0.1) is 0 Å². The van der Waals surface area contributed by atoms with Gasteiger partial charge >= 0.3 is 12.1 Å². The molecule has 3 rings (SSSR count). The van der Waals surface area contributed by atoms with Crippen LogP contribution in [0.15, 0.2) is 47.6 Å². The third kappa shape index (κ3) is 5.00. The number of amides is 1. The second kappa shape index (κ2) is 7.99. The zero-order chi connectivity index (χ0) is 19.4. The molecule has 0 unspecified atom stereocenters. The lowest BCUT2D eigenvalue weighted by Gasteiger charge is -2.15. The third-order valence-electron chi connectivity index (χ3n) is 3.86. The van der Waals surface area contributed by atoms with Crippen molar-refractivity contribution < 1.29 is 27.5 Å². The van der Waals surface area contributed by atoms with Crippen LogP contribution in [0.2, 0.25) is 0 Å². The Bertz CT molecular complexity index is 823. The molecule has 0 N–H and O–H groups in total. The van der Waals surface area contributed by atoms with E-state index in [1.165, 1.54) is 6.07 Å². The molecular weight excluding hydrogens is 381 g/mol. The first-order chi connectivity index (χ1) is 12.8. The zero-order valence-corrected chi connectivity index (χ0v) is 14.8. The van der Waals surface area contributed by atoms with Gasteiger partial charge in [0.15, 0.2) is 0 Å². The lowest BCUT2D eigenvalue weighted by molar-refractivity contribution is -0.138. The Hall–Kier alpha value is -2.55. The van der Waals surface area contributed by atoms with E-state index in [0.29, 0.717) is 23.7 Å². The van der Waals surface area contributed by atoms with E-state index >= 15 is 0 Å². The van der Waals surface area contributed by atoms with Gasteiger partial charge in [-0.25, -0.2) is 4.98 Å². The van der Waals surface area contributed by atoms with Crippen LogP contribution in [0.1, 0.15) is 18.4 Å². The Morgan fingerprint density at radius 2 is 1.93 bits per heavy atom. The average molecular weight is 396 g/mol. The number of alkyl halides is 3. The summed E-state index contributed by atoms with van der Waals surface area (Å²) in [4.78, 5) is 29.0. The Kier molecular flexibility index (Phi) is 5.69. The molecule has 0 spiro atoms. The second-order valence-electron chi connectivity index (χ2n) is 5.79. The quantitative estimate of drug-likeness (QED) is 0.436. The van der Waals surface area contributed by atoms with Crippen LogP contribution in [0.25, 0.3) is 0 Å². The summed E-state index contributed by atoms with van der Waals surface area (Å²) in [6.07, 6.45) is -2.36. The van der Waals surface area contributed by atoms with Gasteiger partial charge in [0.2, 0.25) is 5.91 Å². The molecule has 1 fully saturated rings. The number of esters is 1. The van der Waals surface area contributed by atoms with E-state index in [1.807, 2.05) is 0 Å². The van der Waals surface area contributed by atoms with Gasteiger partial charge in [-0.2, -0.15) is 13.2 Å². The van der Waals surface area contributed by atoms with Gasteiger partial charge in [-0.1, -0.05) is 11.8 Å². The molecule has 27 heavy (non-hydrogen) atoms. The molecular formula is C18H15F3N2O3S. The van der Waals surface area contributed by atoms with Gasteiger partial charge < -0.3 is 9.64 Å². The van der Waals surface area contributed by atoms with Crippen molar-refractivity contribution in [2.45, 2.75) is 24.0 Å². The molecule has 0 radical (unpaired) electrons. The number of hydrogen-bond donors (Lipinski definition) is 0. The summed E-state index contributed by atoms with van der Waals surface area (Å²) in [7, 11) is 0. The number of thioether (sulfide) groups is 1. The van der Waals surface area contributed by atoms with Gasteiger partial charge in [0.25, 0.3) is 0 Å². The maximum absolute atomic E-state index is 12.5. The van der Waals surface area contributed by atoms with Crippen molar-refractivity contribution in [3.63, 3.8) is 0 Å². The summed E-state index contributed by atoms with van der Waals surface area (Å²) >= 11 is 0.985.